The molecule has 1 N–H and O–H groups in total. The molecule has 2 heterocycles. The fraction of sp³-hybridized carbons (Fsp3) is 0.417. The number of piperidine rings is 1. The Morgan fingerprint density at radius 1 is 1.19 bits per heavy atom. The third-order valence-corrected chi connectivity index (χ3v) is 8.02. The molecular formula is C24H25F2N3OS. The molecule has 1 aliphatic carbocycles. The van der Waals surface area contributed by atoms with Crippen LogP contribution in [0.2, 0.25) is 0 Å². The number of halogens is 2. The van der Waals surface area contributed by atoms with Crippen molar-refractivity contribution < 1.29 is 13.6 Å². The van der Waals surface area contributed by atoms with Gasteiger partial charge >= 0.3 is 0 Å². The van der Waals surface area contributed by atoms with E-state index in [1.54, 1.807) is 5.01 Å². The molecule has 31 heavy (non-hydrogen) atoms. The van der Waals surface area contributed by atoms with Crippen LogP contribution in [0.4, 0.5) is 8.78 Å². The van der Waals surface area contributed by atoms with Crippen molar-refractivity contribution in [1.82, 2.24) is 10.3 Å². The molecule has 7 heteroatoms. The molecule has 2 aliphatic heterocycles. The second kappa shape index (κ2) is 8.36. The zero-order valence-corrected chi connectivity index (χ0v) is 18.1. The maximum atomic E-state index is 14.5. The van der Waals surface area contributed by atoms with Crippen LogP contribution in [0, 0.1) is 17.6 Å². The van der Waals surface area contributed by atoms with Gasteiger partial charge in [-0.1, -0.05) is 36.0 Å². The van der Waals surface area contributed by atoms with Crippen LogP contribution in [0.1, 0.15) is 48.8 Å². The standard InChI is InChI=1S/C24H25F2N3OS/c25-18-6-7-21(26)19(15-18)23-28-29(22(30)8-5-16-10-13-27-14-11-16)24(31-23)12-9-17-3-1-2-4-20(17)24/h1-4,6-7,15-16,27H,5,8-14H2/t24-/m0/s1. The van der Waals surface area contributed by atoms with Gasteiger partial charge in [0.1, 0.15) is 21.5 Å². The lowest BCUT2D eigenvalue weighted by Gasteiger charge is -2.33. The number of benzene rings is 2. The molecule has 2 aromatic carbocycles. The normalized spacial score (nSPS) is 23.3. The number of nitrogens with one attached hydrogen (secondary N) is 1. The van der Waals surface area contributed by atoms with E-state index in [1.165, 1.54) is 23.4 Å². The average Bonchev–Trinajstić information content (AvgIpc) is 3.37. The van der Waals surface area contributed by atoms with Gasteiger partial charge in [-0.2, -0.15) is 5.10 Å². The SMILES string of the molecule is O=C(CCC1CCNCC1)N1N=C(c2cc(F)ccc2F)S[C@]12CCc1ccccc12. The van der Waals surface area contributed by atoms with Crippen LogP contribution in [-0.2, 0) is 16.1 Å². The molecule has 1 atom stereocenters. The highest BCUT2D eigenvalue weighted by atomic mass is 32.2. The lowest BCUT2D eigenvalue weighted by molar-refractivity contribution is -0.135. The maximum Gasteiger partial charge on any atom is 0.244 e. The van der Waals surface area contributed by atoms with Crippen molar-refractivity contribution in [2.45, 2.75) is 43.4 Å². The van der Waals surface area contributed by atoms with E-state index in [1.807, 2.05) is 18.2 Å². The first-order chi connectivity index (χ1) is 15.1. The number of amides is 1. The molecule has 0 aromatic heterocycles. The van der Waals surface area contributed by atoms with Gasteiger partial charge in [-0.15, -0.1) is 0 Å². The summed E-state index contributed by atoms with van der Waals surface area (Å²) in [5.41, 5.74) is 2.34. The van der Waals surface area contributed by atoms with Crippen molar-refractivity contribution in [3.8, 4) is 0 Å². The maximum absolute atomic E-state index is 14.5. The average molecular weight is 442 g/mol. The summed E-state index contributed by atoms with van der Waals surface area (Å²) in [5, 5.41) is 9.90. The van der Waals surface area contributed by atoms with Crippen LogP contribution in [0.15, 0.2) is 47.6 Å². The molecule has 1 amide bonds. The lowest BCUT2D eigenvalue weighted by Crippen LogP contribution is -2.40. The molecule has 0 unspecified atom stereocenters. The number of rotatable bonds is 4. The first kappa shape index (κ1) is 20.6. The van der Waals surface area contributed by atoms with Gasteiger partial charge in [-0.3, -0.25) is 4.79 Å². The molecule has 0 saturated carbocycles. The molecular weight excluding hydrogens is 416 g/mol. The van der Waals surface area contributed by atoms with E-state index < -0.39 is 16.5 Å². The summed E-state index contributed by atoms with van der Waals surface area (Å²) in [5.74, 6) is -0.555. The fourth-order valence-corrected chi connectivity index (χ4v) is 6.36. The van der Waals surface area contributed by atoms with E-state index in [4.69, 9.17) is 0 Å². The Morgan fingerprint density at radius 2 is 2.00 bits per heavy atom. The van der Waals surface area contributed by atoms with E-state index in [-0.39, 0.29) is 11.5 Å². The smallest absolute Gasteiger partial charge is 0.244 e. The number of carbonyl (C=O) groups is 1. The predicted octanol–water partition coefficient (Wildman–Crippen LogP) is 4.78. The zero-order valence-electron chi connectivity index (χ0n) is 17.2. The van der Waals surface area contributed by atoms with Gasteiger partial charge in [-0.25, -0.2) is 13.8 Å². The van der Waals surface area contributed by atoms with E-state index in [9.17, 15) is 13.6 Å². The summed E-state index contributed by atoms with van der Waals surface area (Å²) in [7, 11) is 0. The summed E-state index contributed by atoms with van der Waals surface area (Å²) in [4.78, 5) is 12.7. The van der Waals surface area contributed by atoms with Crippen molar-refractivity contribution in [3.05, 3.63) is 70.8 Å². The Kier molecular flexibility index (Phi) is 5.56. The molecule has 0 radical (unpaired) electrons. The summed E-state index contributed by atoms with van der Waals surface area (Å²) < 4.78 is 28.4. The largest absolute Gasteiger partial charge is 0.317 e. The number of hydrazone groups is 1. The second-order valence-electron chi connectivity index (χ2n) is 8.51. The van der Waals surface area contributed by atoms with Crippen molar-refractivity contribution in [2.24, 2.45) is 11.0 Å². The van der Waals surface area contributed by atoms with Gasteiger partial charge < -0.3 is 5.32 Å². The number of fused-ring (bicyclic) bond motifs is 2. The van der Waals surface area contributed by atoms with Crippen LogP contribution < -0.4 is 5.32 Å². The van der Waals surface area contributed by atoms with Gasteiger partial charge in [0.15, 0.2) is 0 Å². The minimum absolute atomic E-state index is 0.0467. The summed E-state index contributed by atoms with van der Waals surface area (Å²) in [6.45, 7) is 1.99. The summed E-state index contributed by atoms with van der Waals surface area (Å²) in [6, 6.07) is 11.4. The molecule has 5 rings (SSSR count). The zero-order chi connectivity index (χ0) is 21.4. The van der Waals surface area contributed by atoms with Gasteiger partial charge in [0.25, 0.3) is 0 Å². The molecule has 1 spiro atoms. The number of hydrogen-bond acceptors (Lipinski definition) is 4. The first-order valence-electron chi connectivity index (χ1n) is 10.9. The third kappa shape index (κ3) is 3.78. The Morgan fingerprint density at radius 3 is 2.84 bits per heavy atom. The van der Waals surface area contributed by atoms with Gasteiger partial charge in [0, 0.05) is 12.0 Å². The third-order valence-electron chi connectivity index (χ3n) is 6.59. The Labute approximate surface area is 185 Å². The van der Waals surface area contributed by atoms with Crippen molar-refractivity contribution >= 4 is 22.7 Å². The van der Waals surface area contributed by atoms with E-state index in [2.05, 4.69) is 16.5 Å². The first-order valence-corrected chi connectivity index (χ1v) is 11.7. The molecule has 0 bridgehead atoms. The van der Waals surface area contributed by atoms with Crippen LogP contribution in [0.3, 0.4) is 0 Å². The van der Waals surface area contributed by atoms with E-state index in [0.717, 1.165) is 56.5 Å². The monoisotopic (exact) mass is 441 g/mol. The number of aryl methyl sites for hydroxylation is 1. The summed E-state index contributed by atoms with van der Waals surface area (Å²) in [6.07, 6.45) is 4.95. The fourth-order valence-electron chi connectivity index (χ4n) is 4.91. The number of hydrogen-bond donors (Lipinski definition) is 1. The van der Waals surface area contributed by atoms with Crippen LogP contribution in [-0.4, -0.2) is 29.0 Å². The van der Waals surface area contributed by atoms with E-state index in [0.29, 0.717) is 23.8 Å². The minimum Gasteiger partial charge on any atom is -0.317 e. The highest BCUT2D eigenvalue weighted by molar-refractivity contribution is 8.15. The van der Waals surface area contributed by atoms with Gasteiger partial charge in [-0.05, 0) is 80.4 Å². The molecule has 162 valence electrons. The Hall–Kier alpha value is -2.25. The Balaban J connectivity index is 1.47. The predicted molar refractivity (Wildman–Crippen MR) is 119 cm³/mol. The van der Waals surface area contributed by atoms with Crippen molar-refractivity contribution in [2.75, 3.05) is 13.1 Å². The lowest BCUT2D eigenvalue weighted by atomic mass is 9.93. The van der Waals surface area contributed by atoms with Crippen LogP contribution >= 0.6 is 11.8 Å². The molecule has 1 saturated heterocycles. The van der Waals surface area contributed by atoms with Crippen LogP contribution in [0.5, 0.6) is 0 Å². The van der Waals surface area contributed by atoms with Gasteiger partial charge in [0.2, 0.25) is 5.91 Å². The highest BCUT2D eigenvalue weighted by Gasteiger charge is 2.52. The number of thioether (sulfide) groups is 1. The quantitative estimate of drug-likeness (QED) is 0.743. The van der Waals surface area contributed by atoms with E-state index >= 15 is 0 Å². The highest BCUT2D eigenvalue weighted by Crippen LogP contribution is 2.55. The molecule has 1 fully saturated rings. The van der Waals surface area contributed by atoms with Crippen molar-refractivity contribution in [1.29, 1.82) is 0 Å². The molecule has 2 aromatic rings. The number of nitrogens with zero attached hydrogens (tertiary/aromatic N) is 2. The number of carbonyl (C=O) groups excluding carboxylic acids is 1. The topological polar surface area (TPSA) is 44.7 Å². The molecule has 4 nitrogen and oxygen atoms in total. The van der Waals surface area contributed by atoms with Crippen molar-refractivity contribution in [3.63, 3.8) is 0 Å². The Bertz CT molecular complexity index is 1040. The van der Waals surface area contributed by atoms with Crippen LogP contribution in [0.25, 0.3) is 0 Å². The summed E-state index contributed by atoms with van der Waals surface area (Å²) >= 11 is 1.38. The minimum atomic E-state index is -0.685. The second-order valence-corrected chi connectivity index (χ2v) is 9.78. The molecule has 3 aliphatic rings. The van der Waals surface area contributed by atoms with Gasteiger partial charge in [0.05, 0.1) is 0 Å².